The maximum absolute atomic E-state index is 5.56. The number of nitrogens with two attached hydrogens (primary N) is 1. The van der Waals surface area contributed by atoms with E-state index in [1.807, 2.05) is 49.4 Å². The van der Waals surface area contributed by atoms with Crippen molar-refractivity contribution in [1.82, 2.24) is 0 Å². The molecular formula is C11H16N2. The van der Waals surface area contributed by atoms with Crippen LogP contribution in [-0.2, 0) is 0 Å². The molecule has 2 heteroatoms. The highest BCUT2D eigenvalue weighted by molar-refractivity contribution is 5.42. The number of nitrogens with one attached hydrogen (secondary N) is 1. The molecule has 0 aliphatic heterocycles. The molecular weight excluding hydrogens is 160 g/mol. The summed E-state index contributed by atoms with van der Waals surface area (Å²) >= 11 is 0. The van der Waals surface area contributed by atoms with E-state index in [1.54, 1.807) is 0 Å². The van der Waals surface area contributed by atoms with Crippen molar-refractivity contribution in [3.05, 3.63) is 42.5 Å². The van der Waals surface area contributed by atoms with Gasteiger partial charge in [-0.1, -0.05) is 30.4 Å². The van der Waals surface area contributed by atoms with Crippen molar-refractivity contribution in [2.75, 3.05) is 11.9 Å². The minimum atomic E-state index is 0.137. The molecule has 1 rings (SSSR count). The molecule has 0 saturated carbocycles. The van der Waals surface area contributed by atoms with Gasteiger partial charge in [-0.15, -0.1) is 0 Å². The van der Waals surface area contributed by atoms with Crippen molar-refractivity contribution >= 4 is 5.69 Å². The molecule has 1 aromatic carbocycles. The predicted molar refractivity (Wildman–Crippen MR) is 57.7 cm³/mol. The van der Waals surface area contributed by atoms with Crippen LogP contribution in [0.1, 0.15) is 6.92 Å². The van der Waals surface area contributed by atoms with Crippen LogP contribution < -0.4 is 11.1 Å². The molecule has 0 saturated heterocycles. The van der Waals surface area contributed by atoms with Crippen molar-refractivity contribution in [2.24, 2.45) is 5.73 Å². The molecule has 0 bridgehead atoms. The van der Waals surface area contributed by atoms with E-state index in [4.69, 9.17) is 5.73 Å². The van der Waals surface area contributed by atoms with Crippen LogP contribution in [0.5, 0.6) is 0 Å². The van der Waals surface area contributed by atoms with Gasteiger partial charge in [0.1, 0.15) is 0 Å². The smallest absolute Gasteiger partial charge is 0.0342 e. The Labute approximate surface area is 79.5 Å². The van der Waals surface area contributed by atoms with E-state index in [0.29, 0.717) is 0 Å². The molecule has 0 fully saturated rings. The van der Waals surface area contributed by atoms with E-state index in [9.17, 15) is 0 Å². The number of para-hydroxylation sites is 1. The summed E-state index contributed by atoms with van der Waals surface area (Å²) in [5, 5.41) is 3.26. The van der Waals surface area contributed by atoms with Gasteiger partial charge >= 0.3 is 0 Å². The molecule has 0 aliphatic carbocycles. The molecule has 1 atom stereocenters. The second-order valence-electron chi connectivity index (χ2n) is 3.03. The minimum Gasteiger partial charge on any atom is -0.382 e. The predicted octanol–water partition coefficient (Wildman–Crippen LogP) is 2.00. The van der Waals surface area contributed by atoms with Crippen molar-refractivity contribution in [3.63, 3.8) is 0 Å². The normalized spacial score (nSPS) is 13.1. The zero-order valence-corrected chi connectivity index (χ0v) is 7.90. The van der Waals surface area contributed by atoms with Gasteiger partial charge in [-0.2, -0.15) is 0 Å². The van der Waals surface area contributed by atoms with E-state index in [2.05, 4.69) is 5.32 Å². The molecule has 0 heterocycles. The highest BCUT2D eigenvalue weighted by Gasteiger charge is 1.86. The van der Waals surface area contributed by atoms with Gasteiger partial charge < -0.3 is 11.1 Å². The van der Waals surface area contributed by atoms with E-state index < -0.39 is 0 Å². The van der Waals surface area contributed by atoms with Crippen molar-refractivity contribution in [1.29, 1.82) is 0 Å². The van der Waals surface area contributed by atoms with Gasteiger partial charge in [0, 0.05) is 18.3 Å². The van der Waals surface area contributed by atoms with Crippen molar-refractivity contribution < 1.29 is 0 Å². The number of hydrogen-bond donors (Lipinski definition) is 2. The van der Waals surface area contributed by atoms with Crippen molar-refractivity contribution in [3.8, 4) is 0 Å². The molecule has 0 aliphatic rings. The average molecular weight is 176 g/mol. The summed E-state index contributed by atoms with van der Waals surface area (Å²) < 4.78 is 0. The Hall–Kier alpha value is -1.28. The van der Waals surface area contributed by atoms with Crippen LogP contribution in [-0.4, -0.2) is 12.6 Å². The first-order chi connectivity index (χ1) is 6.29. The Morgan fingerprint density at radius 1 is 1.38 bits per heavy atom. The van der Waals surface area contributed by atoms with Gasteiger partial charge in [0.15, 0.2) is 0 Å². The molecule has 0 amide bonds. The van der Waals surface area contributed by atoms with Crippen LogP contribution in [0.3, 0.4) is 0 Å². The quantitative estimate of drug-likeness (QED) is 0.689. The lowest BCUT2D eigenvalue weighted by Gasteiger charge is -2.02. The van der Waals surface area contributed by atoms with Gasteiger partial charge in [-0.25, -0.2) is 0 Å². The molecule has 70 valence electrons. The van der Waals surface area contributed by atoms with E-state index in [0.717, 1.165) is 12.2 Å². The summed E-state index contributed by atoms with van der Waals surface area (Å²) in [6.45, 7) is 2.78. The zero-order valence-electron chi connectivity index (χ0n) is 7.90. The molecule has 2 nitrogen and oxygen atoms in total. The highest BCUT2D eigenvalue weighted by Crippen LogP contribution is 2.03. The third-order valence-corrected chi connectivity index (χ3v) is 1.64. The monoisotopic (exact) mass is 176 g/mol. The second-order valence-corrected chi connectivity index (χ2v) is 3.03. The largest absolute Gasteiger partial charge is 0.382 e. The third-order valence-electron chi connectivity index (χ3n) is 1.64. The van der Waals surface area contributed by atoms with Gasteiger partial charge in [0.25, 0.3) is 0 Å². The van der Waals surface area contributed by atoms with Crippen LogP contribution in [0, 0.1) is 0 Å². The molecule has 0 radical (unpaired) electrons. The van der Waals surface area contributed by atoms with Crippen LogP contribution in [0.2, 0.25) is 0 Å². The first-order valence-electron chi connectivity index (χ1n) is 4.50. The topological polar surface area (TPSA) is 38.0 Å². The standard InChI is InChI=1S/C11H16N2/c1-10(12)6-5-9-13-11-7-3-2-4-8-11/h2-8,10,13H,9,12H2,1H3/b6-5-. The molecule has 13 heavy (non-hydrogen) atoms. The Balaban J connectivity index is 2.28. The zero-order chi connectivity index (χ0) is 9.52. The summed E-state index contributed by atoms with van der Waals surface area (Å²) in [7, 11) is 0. The lowest BCUT2D eigenvalue weighted by molar-refractivity contribution is 0.922. The first-order valence-corrected chi connectivity index (χ1v) is 4.50. The van der Waals surface area contributed by atoms with Crippen LogP contribution in [0.25, 0.3) is 0 Å². The SMILES string of the molecule is CC(N)/C=C\CNc1ccccc1. The van der Waals surface area contributed by atoms with Crippen molar-refractivity contribution in [2.45, 2.75) is 13.0 Å². The van der Waals surface area contributed by atoms with E-state index >= 15 is 0 Å². The Morgan fingerprint density at radius 2 is 2.08 bits per heavy atom. The molecule has 1 unspecified atom stereocenters. The lowest BCUT2D eigenvalue weighted by atomic mass is 10.3. The second kappa shape index (κ2) is 5.38. The Kier molecular flexibility index (Phi) is 4.06. The van der Waals surface area contributed by atoms with Crippen LogP contribution in [0.15, 0.2) is 42.5 Å². The Bertz CT molecular complexity index is 252. The molecule has 3 N–H and O–H groups in total. The first kappa shape index (κ1) is 9.81. The summed E-state index contributed by atoms with van der Waals surface area (Å²) in [5.74, 6) is 0. The fourth-order valence-corrected chi connectivity index (χ4v) is 1.02. The average Bonchev–Trinajstić information content (AvgIpc) is 2.14. The molecule has 1 aromatic rings. The van der Waals surface area contributed by atoms with Gasteiger partial charge in [-0.3, -0.25) is 0 Å². The lowest BCUT2D eigenvalue weighted by Crippen LogP contribution is -2.11. The van der Waals surface area contributed by atoms with E-state index in [-0.39, 0.29) is 6.04 Å². The number of hydrogen-bond acceptors (Lipinski definition) is 2. The fourth-order valence-electron chi connectivity index (χ4n) is 1.02. The molecule has 0 spiro atoms. The van der Waals surface area contributed by atoms with Crippen LogP contribution in [0.4, 0.5) is 5.69 Å². The van der Waals surface area contributed by atoms with Crippen LogP contribution >= 0.6 is 0 Å². The maximum atomic E-state index is 5.56. The fraction of sp³-hybridized carbons (Fsp3) is 0.273. The van der Waals surface area contributed by atoms with Gasteiger partial charge in [-0.05, 0) is 19.1 Å². The minimum absolute atomic E-state index is 0.137. The third kappa shape index (κ3) is 4.33. The summed E-state index contributed by atoms with van der Waals surface area (Å²) in [6.07, 6.45) is 4.02. The maximum Gasteiger partial charge on any atom is 0.0342 e. The molecule has 0 aromatic heterocycles. The summed E-state index contributed by atoms with van der Waals surface area (Å²) in [5.41, 5.74) is 6.69. The number of benzene rings is 1. The van der Waals surface area contributed by atoms with E-state index in [1.165, 1.54) is 0 Å². The summed E-state index contributed by atoms with van der Waals surface area (Å²) in [4.78, 5) is 0. The highest BCUT2D eigenvalue weighted by atomic mass is 14.8. The number of anilines is 1. The van der Waals surface area contributed by atoms with Gasteiger partial charge in [0.05, 0.1) is 0 Å². The Morgan fingerprint density at radius 3 is 2.69 bits per heavy atom. The number of rotatable bonds is 4. The van der Waals surface area contributed by atoms with Gasteiger partial charge in [0.2, 0.25) is 0 Å². The summed E-state index contributed by atoms with van der Waals surface area (Å²) in [6, 6.07) is 10.2.